The van der Waals surface area contributed by atoms with Crippen molar-refractivity contribution in [2.45, 2.75) is 71.4 Å². The minimum atomic E-state index is 0.320. The van der Waals surface area contributed by atoms with Crippen molar-refractivity contribution >= 4 is 11.9 Å². The van der Waals surface area contributed by atoms with E-state index in [2.05, 4.69) is 35.9 Å². The molecular formula is C19H36N4O2. The largest absolute Gasteiger partial charge is 0.378 e. The average Bonchev–Trinajstić information content (AvgIpc) is 3.05. The molecule has 1 unspecified atom stereocenters. The topological polar surface area (TPSA) is 57.2 Å². The Bertz CT molecular complexity index is 433. The van der Waals surface area contributed by atoms with E-state index in [0.29, 0.717) is 18.1 Å². The lowest BCUT2D eigenvalue weighted by atomic mass is 10.1. The Morgan fingerprint density at radius 2 is 2.04 bits per heavy atom. The Morgan fingerprint density at radius 1 is 1.28 bits per heavy atom. The van der Waals surface area contributed by atoms with Crippen LogP contribution in [0.1, 0.15) is 59.3 Å². The monoisotopic (exact) mass is 352 g/mol. The number of hydrogen-bond acceptors (Lipinski definition) is 3. The van der Waals surface area contributed by atoms with E-state index >= 15 is 0 Å². The maximum atomic E-state index is 12.0. The summed E-state index contributed by atoms with van der Waals surface area (Å²) in [7, 11) is 0. The lowest BCUT2D eigenvalue weighted by Crippen LogP contribution is -2.47. The fraction of sp³-hybridized carbons (Fsp3) is 0.895. The maximum Gasteiger partial charge on any atom is 0.222 e. The molecule has 0 bridgehead atoms. The van der Waals surface area contributed by atoms with E-state index in [0.717, 1.165) is 83.8 Å². The summed E-state index contributed by atoms with van der Waals surface area (Å²) >= 11 is 0. The van der Waals surface area contributed by atoms with Gasteiger partial charge in [0.15, 0.2) is 5.96 Å². The van der Waals surface area contributed by atoms with Crippen molar-refractivity contribution in [3.63, 3.8) is 0 Å². The van der Waals surface area contributed by atoms with Gasteiger partial charge in [-0.3, -0.25) is 9.79 Å². The predicted octanol–water partition coefficient (Wildman–Crippen LogP) is 2.24. The molecule has 25 heavy (non-hydrogen) atoms. The van der Waals surface area contributed by atoms with E-state index in [9.17, 15) is 4.79 Å². The summed E-state index contributed by atoms with van der Waals surface area (Å²) in [6.45, 7) is 11.7. The number of guanidine groups is 1. The first-order valence-corrected chi connectivity index (χ1v) is 10.1. The summed E-state index contributed by atoms with van der Waals surface area (Å²) < 4.78 is 5.74. The summed E-state index contributed by atoms with van der Waals surface area (Å²) in [5, 5.41) is 3.42. The number of nitrogens with one attached hydrogen (secondary N) is 1. The Labute approximate surface area is 153 Å². The lowest BCUT2D eigenvalue weighted by molar-refractivity contribution is -0.129. The number of ether oxygens (including phenoxy) is 1. The number of hydrogen-bond donors (Lipinski definition) is 1. The standard InChI is InChI=1S/C19H36N4O2/c1-4-16(23-13-7-8-18(23)24)9-12-21-19(20-5-2)22-14-10-17(11-15-22)25-6-3/h16-17H,4-15H2,1-3H3,(H,20,21). The van der Waals surface area contributed by atoms with E-state index in [1.807, 2.05) is 0 Å². The minimum Gasteiger partial charge on any atom is -0.378 e. The Balaban J connectivity index is 1.85. The molecule has 0 aliphatic carbocycles. The molecule has 144 valence electrons. The number of likely N-dealkylation sites (tertiary alicyclic amines) is 2. The van der Waals surface area contributed by atoms with Crippen LogP contribution in [0.3, 0.4) is 0 Å². The van der Waals surface area contributed by atoms with Crippen LogP contribution in [-0.4, -0.2) is 73.1 Å². The molecule has 1 atom stereocenters. The van der Waals surface area contributed by atoms with Crippen molar-refractivity contribution in [1.29, 1.82) is 0 Å². The van der Waals surface area contributed by atoms with Crippen LogP contribution in [0.4, 0.5) is 0 Å². The molecule has 2 saturated heterocycles. The molecule has 2 aliphatic rings. The molecule has 0 spiro atoms. The molecule has 2 rings (SSSR count). The van der Waals surface area contributed by atoms with Gasteiger partial charge in [0.25, 0.3) is 0 Å². The third kappa shape index (κ3) is 5.87. The highest BCUT2D eigenvalue weighted by Crippen LogP contribution is 2.18. The van der Waals surface area contributed by atoms with Crippen LogP contribution in [0.2, 0.25) is 0 Å². The zero-order chi connectivity index (χ0) is 18.1. The van der Waals surface area contributed by atoms with E-state index in [1.165, 1.54) is 0 Å². The van der Waals surface area contributed by atoms with Gasteiger partial charge >= 0.3 is 0 Å². The van der Waals surface area contributed by atoms with Gasteiger partial charge in [-0.25, -0.2) is 0 Å². The zero-order valence-electron chi connectivity index (χ0n) is 16.3. The van der Waals surface area contributed by atoms with Gasteiger partial charge in [0.1, 0.15) is 0 Å². The van der Waals surface area contributed by atoms with Gasteiger partial charge in [0, 0.05) is 51.8 Å². The first-order valence-electron chi connectivity index (χ1n) is 10.1. The molecule has 0 aromatic carbocycles. The van der Waals surface area contributed by atoms with E-state index in [4.69, 9.17) is 9.73 Å². The molecule has 2 aliphatic heterocycles. The Morgan fingerprint density at radius 3 is 2.60 bits per heavy atom. The number of nitrogens with zero attached hydrogens (tertiary/aromatic N) is 3. The first-order chi connectivity index (χ1) is 12.2. The normalized spacial score (nSPS) is 21.1. The molecule has 6 heteroatoms. The van der Waals surface area contributed by atoms with Crippen LogP contribution >= 0.6 is 0 Å². The van der Waals surface area contributed by atoms with Gasteiger partial charge in [0.2, 0.25) is 5.91 Å². The van der Waals surface area contributed by atoms with Gasteiger partial charge < -0.3 is 19.9 Å². The van der Waals surface area contributed by atoms with E-state index < -0.39 is 0 Å². The molecule has 2 heterocycles. The Hall–Kier alpha value is -1.30. The molecular weight excluding hydrogens is 316 g/mol. The fourth-order valence-electron chi connectivity index (χ4n) is 3.85. The number of rotatable bonds is 8. The molecule has 6 nitrogen and oxygen atoms in total. The predicted molar refractivity (Wildman–Crippen MR) is 102 cm³/mol. The van der Waals surface area contributed by atoms with Crippen molar-refractivity contribution in [3.8, 4) is 0 Å². The van der Waals surface area contributed by atoms with Gasteiger partial charge in [-0.05, 0) is 46.0 Å². The molecule has 1 amide bonds. The van der Waals surface area contributed by atoms with Gasteiger partial charge in [-0.15, -0.1) is 0 Å². The third-order valence-electron chi connectivity index (χ3n) is 5.22. The second-order valence-corrected chi connectivity index (χ2v) is 6.92. The zero-order valence-corrected chi connectivity index (χ0v) is 16.3. The average molecular weight is 353 g/mol. The van der Waals surface area contributed by atoms with Crippen molar-refractivity contribution in [2.24, 2.45) is 4.99 Å². The number of carbonyl (C=O) groups is 1. The molecule has 0 radical (unpaired) electrons. The molecule has 0 aromatic rings. The summed E-state index contributed by atoms with van der Waals surface area (Å²) in [5.74, 6) is 1.33. The van der Waals surface area contributed by atoms with Gasteiger partial charge in [-0.2, -0.15) is 0 Å². The molecule has 0 saturated carbocycles. The van der Waals surface area contributed by atoms with E-state index in [-0.39, 0.29) is 0 Å². The molecule has 0 aromatic heterocycles. The summed E-state index contributed by atoms with van der Waals surface area (Å²) in [5.41, 5.74) is 0. The van der Waals surface area contributed by atoms with Crippen LogP contribution in [0.5, 0.6) is 0 Å². The SMILES string of the molecule is CCNC(=NCCC(CC)N1CCCC1=O)N1CCC(OCC)CC1. The number of aliphatic imine (C=N–C) groups is 1. The number of carbonyl (C=O) groups excluding carboxylic acids is 1. The minimum absolute atomic E-state index is 0.320. The van der Waals surface area contributed by atoms with Crippen molar-refractivity contribution in [3.05, 3.63) is 0 Å². The maximum absolute atomic E-state index is 12.0. The van der Waals surface area contributed by atoms with Gasteiger partial charge in [-0.1, -0.05) is 6.92 Å². The lowest BCUT2D eigenvalue weighted by Gasteiger charge is -2.34. The smallest absolute Gasteiger partial charge is 0.222 e. The summed E-state index contributed by atoms with van der Waals surface area (Å²) in [6.07, 6.45) is 6.22. The van der Waals surface area contributed by atoms with Crippen LogP contribution < -0.4 is 5.32 Å². The van der Waals surface area contributed by atoms with Crippen LogP contribution in [-0.2, 0) is 9.53 Å². The molecule has 2 fully saturated rings. The highest BCUT2D eigenvalue weighted by Gasteiger charge is 2.26. The number of amides is 1. The first kappa shape index (κ1) is 20.0. The summed E-state index contributed by atoms with van der Waals surface area (Å²) in [6, 6.07) is 0.338. The highest BCUT2D eigenvalue weighted by atomic mass is 16.5. The fourth-order valence-corrected chi connectivity index (χ4v) is 3.85. The van der Waals surface area contributed by atoms with Crippen molar-refractivity contribution in [2.75, 3.05) is 39.3 Å². The van der Waals surface area contributed by atoms with E-state index in [1.54, 1.807) is 0 Å². The van der Waals surface area contributed by atoms with Crippen LogP contribution in [0.15, 0.2) is 4.99 Å². The number of piperidine rings is 1. The van der Waals surface area contributed by atoms with Gasteiger partial charge in [0.05, 0.1) is 6.10 Å². The molecule has 1 N–H and O–H groups in total. The quantitative estimate of drug-likeness (QED) is 0.538. The Kier molecular flexibility index (Phi) is 8.52. The second kappa shape index (κ2) is 10.6. The van der Waals surface area contributed by atoms with Crippen LogP contribution in [0.25, 0.3) is 0 Å². The van der Waals surface area contributed by atoms with Crippen molar-refractivity contribution < 1.29 is 9.53 Å². The van der Waals surface area contributed by atoms with Crippen LogP contribution in [0, 0.1) is 0 Å². The highest BCUT2D eigenvalue weighted by molar-refractivity contribution is 5.80. The second-order valence-electron chi connectivity index (χ2n) is 6.92. The summed E-state index contributed by atoms with van der Waals surface area (Å²) in [4.78, 5) is 21.2. The van der Waals surface area contributed by atoms with Crippen molar-refractivity contribution in [1.82, 2.24) is 15.1 Å². The third-order valence-corrected chi connectivity index (χ3v) is 5.22.